The summed E-state index contributed by atoms with van der Waals surface area (Å²) in [5.41, 5.74) is 1.52. The summed E-state index contributed by atoms with van der Waals surface area (Å²) in [4.78, 5) is 24.2. The van der Waals surface area contributed by atoms with E-state index < -0.39 is 0 Å². The van der Waals surface area contributed by atoms with Crippen LogP contribution in [0.1, 0.15) is 26.3 Å². The van der Waals surface area contributed by atoms with Gasteiger partial charge in [0.05, 0.1) is 25.1 Å². The van der Waals surface area contributed by atoms with Crippen molar-refractivity contribution in [3.63, 3.8) is 0 Å². The van der Waals surface area contributed by atoms with Crippen LogP contribution in [0.3, 0.4) is 0 Å². The highest BCUT2D eigenvalue weighted by Gasteiger charge is 2.16. The van der Waals surface area contributed by atoms with Crippen molar-refractivity contribution in [2.75, 3.05) is 19.5 Å². The quantitative estimate of drug-likeness (QED) is 0.338. The molecule has 0 saturated heterocycles. The third-order valence-corrected chi connectivity index (χ3v) is 3.95. The molecular formula is C21H29BrN2O4. The molecule has 0 atom stereocenters. The molecule has 1 aromatic rings. The predicted molar refractivity (Wildman–Crippen MR) is 117 cm³/mol. The third-order valence-electron chi connectivity index (χ3n) is 3.44. The van der Waals surface area contributed by atoms with Crippen LogP contribution in [0.25, 0.3) is 0 Å². The largest absolute Gasteiger partial charge is 0.497 e. The summed E-state index contributed by atoms with van der Waals surface area (Å²) in [6.07, 6.45) is 4.69. The Kier molecular flexibility index (Phi) is 13.2. The van der Waals surface area contributed by atoms with Gasteiger partial charge < -0.3 is 20.1 Å². The number of ether oxygens (including phenoxy) is 2. The minimum absolute atomic E-state index is 0.135. The van der Waals surface area contributed by atoms with Crippen LogP contribution >= 0.6 is 15.9 Å². The summed E-state index contributed by atoms with van der Waals surface area (Å²) >= 11 is 3.08. The highest BCUT2D eigenvalue weighted by atomic mass is 79.9. The Morgan fingerprint density at radius 1 is 1.21 bits per heavy atom. The van der Waals surface area contributed by atoms with Gasteiger partial charge in [-0.05, 0) is 25.1 Å². The summed E-state index contributed by atoms with van der Waals surface area (Å²) in [6.45, 7) is 9.61. The molecule has 28 heavy (non-hydrogen) atoms. The van der Waals surface area contributed by atoms with Gasteiger partial charge >= 0.3 is 0 Å². The average molecular weight is 453 g/mol. The van der Waals surface area contributed by atoms with Crippen LogP contribution in [0.2, 0.25) is 0 Å². The highest BCUT2D eigenvalue weighted by molar-refractivity contribution is 9.09. The molecule has 0 bridgehead atoms. The van der Waals surface area contributed by atoms with E-state index in [-0.39, 0.29) is 23.7 Å². The van der Waals surface area contributed by atoms with Crippen molar-refractivity contribution in [1.29, 1.82) is 0 Å². The summed E-state index contributed by atoms with van der Waals surface area (Å²) in [6, 6.07) is 5.35. The molecule has 0 aliphatic carbocycles. The number of nitrogens with one attached hydrogen (secondary N) is 2. The summed E-state index contributed by atoms with van der Waals surface area (Å²) < 4.78 is 10.5. The molecule has 154 valence electrons. The van der Waals surface area contributed by atoms with Crippen LogP contribution in [0.15, 0.2) is 54.3 Å². The zero-order valence-corrected chi connectivity index (χ0v) is 18.7. The SMILES string of the molecule is C=C/C=C(C(=O)NCc1ccc(OC)cc1OC)\C(=C/C)NC(=O)CBr.CC. The van der Waals surface area contributed by atoms with Gasteiger partial charge in [0.1, 0.15) is 11.5 Å². The van der Waals surface area contributed by atoms with Crippen LogP contribution in [-0.4, -0.2) is 31.4 Å². The molecule has 2 amide bonds. The van der Waals surface area contributed by atoms with E-state index in [1.54, 1.807) is 45.4 Å². The van der Waals surface area contributed by atoms with Gasteiger partial charge in [-0.3, -0.25) is 9.59 Å². The second kappa shape index (κ2) is 14.5. The van der Waals surface area contributed by atoms with Crippen molar-refractivity contribution in [2.24, 2.45) is 0 Å². The van der Waals surface area contributed by atoms with E-state index in [0.29, 0.717) is 22.8 Å². The van der Waals surface area contributed by atoms with Gasteiger partial charge in [0, 0.05) is 23.9 Å². The number of allylic oxidation sites excluding steroid dienone is 3. The summed E-state index contributed by atoms with van der Waals surface area (Å²) in [5, 5.41) is 5.63. The van der Waals surface area contributed by atoms with Crippen LogP contribution in [0.5, 0.6) is 11.5 Å². The number of benzene rings is 1. The maximum atomic E-state index is 12.6. The fourth-order valence-corrected chi connectivity index (χ4v) is 2.29. The van der Waals surface area contributed by atoms with E-state index >= 15 is 0 Å². The van der Waals surface area contributed by atoms with Gasteiger partial charge in [-0.2, -0.15) is 0 Å². The van der Waals surface area contributed by atoms with Crippen molar-refractivity contribution >= 4 is 27.7 Å². The van der Waals surface area contributed by atoms with Crippen molar-refractivity contribution in [3.05, 3.63) is 59.8 Å². The minimum atomic E-state index is -0.342. The van der Waals surface area contributed by atoms with Gasteiger partial charge in [0.2, 0.25) is 5.91 Å². The average Bonchev–Trinajstić information content (AvgIpc) is 2.75. The first-order chi connectivity index (χ1) is 13.5. The molecule has 0 radical (unpaired) electrons. The first kappa shape index (κ1) is 25.5. The smallest absolute Gasteiger partial charge is 0.253 e. The lowest BCUT2D eigenvalue weighted by molar-refractivity contribution is -0.117. The molecule has 1 rings (SSSR count). The lowest BCUT2D eigenvalue weighted by atomic mass is 10.1. The number of carbonyl (C=O) groups is 2. The molecule has 6 nitrogen and oxygen atoms in total. The summed E-state index contributed by atoms with van der Waals surface area (Å²) in [7, 11) is 3.12. The molecule has 0 fully saturated rings. The third kappa shape index (κ3) is 8.00. The number of halogens is 1. The molecule has 0 aliphatic heterocycles. The van der Waals surface area contributed by atoms with Crippen LogP contribution in [0.4, 0.5) is 0 Å². The second-order valence-corrected chi connectivity index (χ2v) is 5.62. The number of rotatable bonds is 9. The molecular weight excluding hydrogens is 424 g/mol. The van der Waals surface area contributed by atoms with Gasteiger partial charge in [0.25, 0.3) is 5.91 Å². The fraction of sp³-hybridized carbons (Fsp3) is 0.333. The minimum Gasteiger partial charge on any atom is -0.497 e. The lowest BCUT2D eigenvalue weighted by Crippen LogP contribution is -2.31. The first-order valence-electron chi connectivity index (χ1n) is 8.85. The molecule has 0 spiro atoms. The molecule has 0 unspecified atom stereocenters. The predicted octanol–water partition coefficient (Wildman–Crippen LogP) is 3.87. The standard InChI is InChI=1S/C19H23BrN2O4.C2H6/c1-5-7-15(16(6-2)22-18(23)11-20)19(24)21-12-13-8-9-14(25-3)10-17(13)26-4;1-2/h5-10H,1,11-12H2,2-4H3,(H,21,24)(H,22,23);1-2H3/b15-7+,16-6+;. The Morgan fingerprint density at radius 3 is 2.39 bits per heavy atom. The van der Waals surface area contributed by atoms with Gasteiger partial charge in [-0.1, -0.05) is 48.5 Å². The number of carbonyl (C=O) groups excluding carboxylic acids is 2. The lowest BCUT2D eigenvalue weighted by Gasteiger charge is -2.14. The fourth-order valence-electron chi connectivity index (χ4n) is 2.15. The first-order valence-corrected chi connectivity index (χ1v) is 9.97. The van der Waals surface area contributed by atoms with E-state index in [1.807, 2.05) is 19.9 Å². The van der Waals surface area contributed by atoms with Gasteiger partial charge in [-0.25, -0.2) is 0 Å². The number of methoxy groups -OCH3 is 2. The number of hydrogen-bond acceptors (Lipinski definition) is 4. The van der Waals surface area contributed by atoms with E-state index in [2.05, 4.69) is 33.1 Å². The second-order valence-electron chi connectivity index (χ2n) is 5.06. The molecule has 7 heteroatoms. The van der Waals surface area contributed by atoms with Crippen molar-refractivity contribution in [1.82, 2.24) is 10.6 Å². The molecule has 0 heterocycles. The maximum Gasteiger partial charge on any atom is 0.253 e. The molecule has 0 saturated carbocycles. The Bertz CT molecular complexity index is 727. The maximum absolute atomic E-state index is 12.6. The van der Waals surface area contributed by atoms with E-state index in [9.17, 15) is 9.59 Å². The van der Waals surface area contributed by atoms with Crippen LogP contribution in [0, 0.1) is 0 Å². The van der Waals surface area contributed by atoms with Crippen molar-refractivity contribution in [2.45, 2.75) is 27.3 Å². The van der Waals surface area contributed by atoms with Crippen LogP contribution < -0.4 is 20.1 Å². The van der Waals surface area contributed by atoms with Gasteiger partial charge in [-0.15, -0.1) is 0 Å². The van der Waals surface area contributed by atoms with Crippen LogP contribution in [-0.2, 0) is 16.1 Å². The van der Waals surface area contributed by atoms with Gasteiger partial charge in [0.15, 0.2) is 0 Å². The Labute approximate surface area is 175 Å². The Hall–Kier alpha value is -2.54. The van der Waals surface area contributed by atoms with Crippen molar-refractivity contribution < 1.29 is 19.1 Å². The topological polar surface area (TPSA) is 76.7 Å². The van der Waals surface area contributed by atoms with Crippen molar-refractivity contribution in [3.8, 4) is 11.5 Å². The zero-order valence-electron chi connectivity index (χ0n) is 17.1. The number of hydrogen-bond donors (Lipinski definition) is 2. The molecule has 1 aromatic carbocycles. The zero-order chi connectivity index (χ0) is 21.5. The Morgan fingerprint density at radius 2 is 1.89 bits per heavy atom. The summed E-state index contributed by atoms with van der Waals surface area (Å²) in [5.74, 6) is 0.680. The Balaban J connectivity index is 0.00000352. The van der Waals surface area contributed by atoms with E-state index in [4.69, 9.17) is 9.47 Å². The molecule has 2 N–H and O–H groups in total. The normalized spacial score (nSPS) is 10.9. The number of amides is 2. The van der Waals surface area contributed by atoms with E-state index in [1.165, 1.54) is 6.08 Å². The molecule has 0 aromatic heterocycles. The highest BCUT2D eigenvalue weighted by Crippen LogP contribution is 2.24. The monoisotopic (exact) mass is 452 g/mol. The molecule has 0 aliphatic rings. The van der Waals surface area contributed by atoms with E-state index in [0.717, 1.165) is 5.56 Å². The number of alkyl halides is 1.